The van der Waals surface area contributed by atoms with E-state index in [1.807, 2.05) is 0 Å². The molecular weight excluding hydrogens is 164 g/mol. The Hall–Kier alpha value is -0.860. The van der Waals surface area contributed by atoms with Crippen LogP contribution in [-0.4, -0.2) is 13.7 Å². The van der Waals surface area contributed by atoms with Crippen molar-refractivity contribution in [3.8, 4) is 0 Å². The second-order valence-electron chi connectivity index (χ2n) is 3.33. The fraction of sp³-hybridized carbons (Fsp3) is 0.455. The van der Waals surface area contributed by atoms with Crippen LogP contribution in [0.15, 0.2) is 18.2 Å². The molecule has 0 spiro atoms. The molecule has 0 unspecified atom stereocenters. The van der Waals surface area contributed by atoms with Gasteiger partial charge in [0.1, 0.15) is 0 Å². The first-order valence-corrected chi connectivity index (χ1v) is 4.55. The van der Waals surface area contributed by atoms with E-state index in [0.717, 1.165) is 13.0 Å². The molecule has 1 atom stereocenters. The van der Waals surface area contributed by atoms with Gasteiger partial charge in [0.25, 0.3) is 0 Å². The van der Waals surface area contributed by atoms with Crippen LogP contribution < -0.4 is 0 Å². The van der Waals surface area contributed by atoms with Crippen LogP contribution in [0.1, 0.15) is 23.0 Å². The SMILES string of the molecule is CO[C@@H]1OCCc2c(C)cccc21. The lowest BCUT2D eigenvalue weighted by atomic mass is 9.97. The van der Waals surface area contributed by atoms with E-state index >= 15 is 0 Å². The summed E-state index contributed by atoms with van der Waals surface area (Å²) in [6.45, 7) is 2.90. The van der Waals surface area contributed by atoms with E-state index in [9.17, 15) is 0 Å². The van der Waals surface area contributed by atoms with Crippen molar-refractivity contribution in [3.05, 3.63) is 34.9 Å². The lowest BCUT2D eigenvalue weighted by Crippen LogP contribution is -2.18. The molecule has 1 aliphatic rings. The first-order valence-electron chi connectivity index (χ1n) is 4.55. The van der Waals surface area contributed by atoms with Crippen LogP contribution in [0.5, 0.6) is 0 Å². The van der Waals surface area contributed by atoms with Gasteiger partial charge in [-0.1, -0.05) is 18.2 Å². The summed E-state index contributed by atoms with van der Waals surface area (Å²) >= 11 is 0. The number of fused-ring (bicyclic) bond motifs is 1. The van der Waals surface area contributed by atoms with Crippen LogP contribution in [0.3, 0.4) is 0 Å². The smallest absolute Gasteiger partial charge is 0.183 e. The number of hydrogen-bond donors (Lipinski definition) is 0. The lowest BCUT2D eigenvalue weighted by Gasteiger charge is -2.25. The van der Waals surface area contributed by atoms with Crippen molar-refractivity contribution in [2.75, 3.05) is 13.7 Å². The molecule has 70 valence electrons. The Labute approximate surface area is 78.5 Å². The summed E-state index contributed by atoms with van der Waals surface area (Å²) in [6, 6.07) is 6.27. The first-order chi connectivity index (χ1) is 6.33. The second-order valence-corrected chi connectivity index (χ2v) is 3.33. The van der Waals surface area contributed by atoms with Crippen LogP contribution >= 0.6 is 0 Å². The third kappa shape index (κ3) is 1.47. The second kappa shape index (κ2) is 3.48. The van der Waals surface area contributed by atoms with Crippen LogP contribution in [0.2, 0.25) is 0 Å². The summed E-state index contributed by atoms with van der Waals surface area (Å²) in [5.74, 6) is 0. The molecule has 2 heteroatoms. The minimum Gasteiger partial charge on any atom is -0.352 e. The molecule has 0 N–H and O–H groups in total. The van der Waals surface area contributed by atoms with E-state index < -0.39 is 0 Å². The fourth-order valence-corrected chi connectivity index (χ4v) is 1.84. The minimum atomic E-state index is -0.163. The quantitative estimate of drug-likeness (QED) is 0.656. The zero-order valence-corrected chi connectivity index (χ0v) is 8.04. The molecule has 0 aromatic heterocycles. The van der Waals surface area contributed by atoms with E-state index in [4.69, 9.17) is 9.47 Å². The zero-order chi connectivity index (χ0) is 9.26. The van der Waals surface area contributed by atoms with Gasteiger partial charge >= 0.3 is 0 Å². The number of benzene rings is 1. The Balaban J connectivity index is 2.45. The Morgan fingerprint density at radius 2 is 2.31 bits per heavy atom. The van der Waals surface area contributed by atoms with Gasteiger partial charge in [0.15, 0.2) is 6.29 Å². The van der Waals surface area contributed by atoms with Gasteiger partial charge in [0.05, 0.1) is 6.61 Å². The molecule has 2 nitrogen and oxygen atoms in total. The van der Waals surface area contributed by atoms with Crippen molar-refractivity contribution in [3.63, 3.8) is 0 Å². The summed E-state index contributed by atoms with van der Waals surface area (Å²) in [7, 11) is 1.68. The Morgan fingerprint density at radius 1 is 1.46 bits per heavy atom. The Kier molecular flexibility index (Phi) is 2.34. The topological polar surface area (TPSA) is 18.5 Å². The molecule has 1 aliphatic heterocycles. The minimum absolute atomic E-state index is 0.163. The maximum Gasteiger partial charge on any atom is 0.183 e. The van der Waals surface area contributed by atoms with Crippen molar-refractivity contribution in [2.24, 2.45) is 0 Å². The number of rotatable bonds is 1. The molecule has 0 bridgehead atoms. The molecule has 2 rings (SSSR count). The maximum atomic E-state index is 5.49. The van der Waals surface area contributed by atoms with Gasteiger partial charge in [0, 0.05) is 12.7 Å². The van der Waals surface area contributed by atoms with Crippen molar-refractivity contribution in [1.82, 2.24) is 0 Å². The summed E-state index contributed by atoms with van der Waals surface area (Å²) in [4.78, 5) is 0. The average Bonchev–Trinajstić information content (AvgIpc) is 2.18. The van der Waals surface area contributed by atoms with Gasteiger partial charge in [0.2, 0.25) is 0 Å². The molecule has 0 saturated heterocycles. The van der Waals surface area contributed by atoms with Crippen molar-refractivity contribution in [2.45, 2.75) is 19.6 Å². The van der Waals surface area contributed by atoms with Crippen LogP contribution in [0.25, 0.3) is 0 Å². The van der Waals surface area contributed by atoms with Gasteiger partial charge in [-0.15, -0.1) is 0 Å². The van der Waals surface area contributed by atoms with Crippen molar-refractivity contribution < 1.29 is 9.47 Å². The fourth-order valence-electron chi connectivity index (χ4n) is 1.84. The molecule has 1 aromatic carbocycles. The van der Waals surface area contributed by atoms with E-state index in [2.05, 4.69) is 25.1 Å². The third-order valence-electron chi connectivity index (χ3n) is 2.54. The molecular formula is C11H14O2. The molecule has 13 heavy (non-hydrogen) atoms. The van der Waals surface area contributed by atoms with E-state index in [1.165, 1.54) is 16.7 Å². The van der Waals surface area contributed by atoms with E-state index in [-0.39, 0.29) is 6.29 Å². The Bertz CT molecular complexity index is 307. The normalized spacial score (nSPS) is 21.2. The van der Waals surface area contributed by atoms with Gasteiger partial charge in [-0.3, -0.25) is 0 Å². The van der Waals surface area contributed by atoms with Crippen molar-refractivity contribution in [1.29, 1.82) is 0 Å². The Morgan fingerprint density at radius 3 is 3.08 bits per heavy atom. The van der Waals surface area contributed by atoms with Gasteiger partial charge in [-0.05, 0) is 24.5 Å². The van der Waals surface area contributed by atoms with Crippen LogP contribution in [-0.2, 0) is 15.9 Å². The van der Waals surface area contributed by atoms with Crippen LogP contribution in [0, 0.1) is 6.92 Å². The third-order valence-corrected chi connectivity index (χ3v) is 2.54. The highest BCUT2D eigenvalue weighted by Gasteiger charge is 2.20. The zero-order valence-electron chi connectivity index (χ0n) is 8.04. The maximum absolute atomic E-state index is 5.49. The largest absolute Gasteiger partial charge is 0.352 e. The summed E-state index contributed by atoms with van der Waals surface area (Å²) in [6.07, 6.45) is 0.839. The molecule has 0 saturated carbocycles. The van der Waals surface area contributed by atoms with Crippen molar-refractivity contribution >= 4 is 0 Å². The van der Waals surface area contributed by atoms with Crippen LogP contribution in [0.4, 0.5) is 0 Å². The summed E-state index contributed by atoms with van der Waals surface area (Å²) < 4.78 is 10.7. The highest BCUT2D eigenvalue weighted by Crippen LogP contribution is 2.29. The number of ether oxygens (including phenoxy) is 2. The summed E-state index contributed by atoms with van der Waals surface area (Å²) in [5, 5.41) is 0. The lowest BCUT2D eigenvalue weighted by molar-refractivity contribution is -0.134. The van der Waals surface area contributed by atoms with E-state index in [0.29, 0.717) is 0 Å². The first kappa shape index (κ1) is 8.73. The molecule has 1 heterocycles. The highest BCUT2D eigenvalue weighted by atomic mass is 16.7. The molecule has 1 aromatic rings. The predicted molar refractivity (Wildman–Crippen MR) is 50.6 cm³/mol. The average molecular weight is 178 g/mol. The summed E-state index contributed by atoms with van der Waals surface area (Å²) in [5.41, 5.74) is 3.91. The number of aryl methyl sites for hydroxylation is 1. The highest BCUT2D eigenvalue weighted by molar-refractivity contribution is 5.36. The standard InChI is InChI=1S/C11H14O2/c1-8-4-3-5-10-9(8)6-7-13-11(10)12-2/h3-5,11H,6-7H2,1-2H3/t11-/m1/s1. The predicted octanol–water partition coefficient (Wildman–Crippen LogP) is 2.21. The molecule has 0 radical (unpaired) electrons. The number of hydrogen-bond acceptors (Lipinski definition) is 2. The monoisotopic (exact) mass is 178 g/mol. The molecule has 0 fully saturated rings. The van der Waals surface area contributed by atoms with Gasteiger partial charge in [-0.2, -0.15) is 0 Å². The van der Waals surface area contributed by atoms with Gasteiger partial charge < -0.3 is 9.47 Å². The molecule has 0 amide bonds. The molecule has 0 aliphatic carbocycles. The van der Waals surface area contributed by atoms with E-state index in [1.54, 1.807) is 7.11 Å². The van der Waals surface area contributed by atoms with Gasteiger partial charge in [-0.25, -0.2) is 0 Å². The number of methoxy groups -OCH3 is 1.